The van der Waals surface area contributed by atoms with E-state index in [1.165, 1.54) is 0 Å². The lowest BCUT2D eigenvalue weighted by molar-refractivity contribution is 0.415. The maximum Gasteiger partial charge on any atom is 0.211 e. The second kappa shape index (κ2) is 4.82. The molecule has 4 heteroatoms. The molecule has 0 saturated carbocycles. The second-order valence-corrected chi connectivity index (χ2v) is 5.57. The topological polar surface area (TPSA) is 46.2 Å². The van der Waals surface area contributed by atoms with E-state index in [2.05, 4.69) is 18.6 Å². The van der Waals surface area contributed by atoms with Gasteiger partial charge in [-0.2, -0.15) is 0 Å². The van der Waals surface area contributed by atoms with Gasteiger partial charge < -0.3 is 0 Å². The van der Waals surface area contributed by atoms with Crippen LogP contribution in [0.5, 0.6) is 0 Å². The molecule has 0 spiro atoms. The van der Waals surface area contributed by atoms with E-state index in [0.29, 0.717) is 18.4 Å². The summed E-state index contributed by atoms with van der Waals surface area (Å²) in [4.78, 5) is 0. The predicted octanol–water partition coefficient (Wildman–Crippen LogP) is 1.22. The number of nitrogens with one attached hydrogen (secondary N) is 1. The molecule has 12 heavy (non-hydrogen) atoms. The van der Waals surface area contributed by atoms with Crippen LogP contribution >= 0.6 is 0 Å². The van der Waals surface area contributed by atoms with Crippen LogP contribution in [0, 0.1) is 11.8 Å². The van der Waals surface area contributed by atoms with Crippen molar-refractivity contribution in [3.63, 3.8) is 0 Å². The lowest BCUT2D eigenvalue weighted by Gasteiger charge is -2.15. The van der Waals surface area contributed by atoms with Crippen molar-refractivity contribution in [1.82, 2.24) is 4.72 Å². The van der Waals surface area contributed by atoms with Crippen molar-refractivity contribution < 1.29 is 8.42 Å². The van der Waals surface area contributed by atoms with Crippen molar-refractivity contribution in [2.24, 2.45) is 11.8 Å². The molecular formula is C8H19NO2S. The molecule has 0 rings (SSSR count). The summed E-state index contributed by atoms with van der Waals surface area (Å²) >= 11 is 0. The van der Waals surface area contributed by atoms with E-state index >= 15 is 0 Å². The van der Waals surface area contributed by atoms with Crippen LogP contribution in [-0.2, 0) is 10.0 Å². The quantitative estimate of drug-likeness (QED) is 0.713. The van der Waals surface area contributed by atoms with Gasteiger partial charge in [-0.05, 0) is 18.8 Å². The standard InChI is InChI=1S/C8H19NO2S/c1-5-12(10,11)9-6-8(4)7(2)3/h7-9H,5-6H2,1-4H3. The molecule has 0 saturated heterocycles. The number of hydrogen-bond donors (Lipinski definition) is 1. The van der Waals surface area contributed by atoms with Crippen molar-refractivity contribution in [2.45, 2.75) is 27.7 Å². The summed E-state index contributed by atoms with van der Waals surface area (Å²) in [6.07, 6.45) is 0. The molecule has 1 N–H and O–H groups in total. The Bertz CT molecular complexity index is 209. The molecule has 0 aromatic heterocycles. The van der Waals surface area contributed by atoms with E-state index in [1.807, 2.05) is 6.92 Å². The molecule has 0 aromatic carbocycles. The lowest BCUT2D eigenvalue weighted by atomic mass is 9.99. The van der Waals surface area contributed by atoms with Crippen molar-refractivity contribution in [1.29, 1.82) is 0 Å². The van der Waals surface area contributed by atoms with Crippen LogP contribution in [0.3, 0.4) is 0 Å². The molecule has 0 heterocycles. The highest BCUT2D eigenvalue weighted by Gasteiger charge is 2.11. The van der Waals surface area contributed by atoms with E-state index in [0.717, 1.165) is 0 Å². The Morgan fingerprint density at radius 2 is 1.75 bits per heavy atom. The van der Waals surface area contributed by atoms with Crippen LogP contribution < -0.4 is 4.72 Å². The maximum atomic E-state index is 11.0. The molecule has 0 aliphatic heterocycles. The van der Waals surface area contributed by atoms with Crippen molar-refractivity contribution in [2.75, 3.05) is 12.3 Å². The molecule has 74 valence electrons. The SMILES string of the molecule is CCS(=O)(=O)NCC(C)C(C)C. The fourth-order valence-corrected chi connectivity index (χ4v) is 1.32. The third kappa shape index (κ3) is 4.72. The first-order valence-corrected chi connectivity index (χ1v) is 6.01. The summed E-state index contributed by atoms with van der Waals surface area (Å²) in [5.74, 6) is 1.08. The Balaban J connectivity index is 3.84. The predicted molar refractivity (Wildman–Crippen MR) is 51.5 cm³/mol. The molecule has 0 fully saturated rings. The number of sulfonamides is 1. The first kappa shape index (κ1) is 11.9. The Morgan fingerprint density at radius 1 is 1.25 bits per heavy atom. The first-order chi connectivity index (χ1) is 5.39. The Labute approximate surface area is 75.6 Å². The van der Waals surface area contributed by atoms with E-state index in [4.69, 9.17) is 0 Å². The Hall–Kier alpha value is -0.0900. The van der Waals surface area contributed by atoms with Gasteiger partial charge in [0.2, 0.25) is 10.0 Å². The number of hydrogen-bond acceptors (Lipinski definition) is 2. The van der Waals surface area contributed by atoms with Gasteiger partial charge in [0.05, 0.1) is 5.75 Å². The maximum absolute atomic E-state index is 11.0. The van der Waals surface area contributed by atoms with Gasteiger partial charge in [0.15, 0.2) is 0 Å². The molecule has 0 aromatic rings. The fourth-order valence-electron chi connectivity index (χ4n) is 0.596. The monoisotopic (exact) mass is 193 g/mol. The molecule has 0 radical (unpaired) electrons. The van der Waals surface area contributed by atoms with Gasteiger partial charge >= 0.3 is 0 Å². The summed E-state index contributed by atoms with van der Waals surface area (Å²) in [6.45, 7) is 8.41. The Morgan fingerprint density at radius 3 is 2.08 bits per heavy atom. The normalized spacial score (nSPS) is 15.1. The number of rotatable bonds is 5. The third-order valence-electron chi connectivity index (χ3n) is 2.14. The minimum absolute atomic E-state index is 0.164. The summed E-state index contributed by atoms with van der Waals surface area (Å²) in [5.41, 5.74) is 0. The van der Waals surface area contributed by atoms with Gasteiger partial charge in [-0.1, -0.05) is 20.8 Å². The van der Waals surface area contributed by atoms with Crippen LogP contribution in [0.2, 0.25) is 0 Å². The third-order valence-corrected chi connectivity index (χ3v) is 3.51. The summed E-state index contributed by atoms with van der Waals surface area (Å²) in [7, 11) is -3.00. The zero-order valence-electron chi connectivity index (χ0n) is 8.29. The highest BCUT2D eigenvalue weighted by atomic mass is 32.2. The minimum Gasteiger partial charge on any atom is -0.215 e. The van der Waals surface area contributed by atoms with Gasteiger partial charge in [-0.15, -0.1) is 0 Å². The van der Waals surface area contributed by atoms with Crippen LogP contribution in [-0.4, -0.2) is 20.7 Å². The van der Waals surface area contributed by atoms with E-state index < -0.39 is 10.0 Å². The molecular weight excluding hydrogens is 174 g/mol. The summed E-state index contributed by atoms with van der Waals surface area (Å²) in [5, 5.41) is 0. The zero-order valence-corrected chi connectivity index (χ0v) is 9.11. The van der Waals surface area contributed by atoms with Crippen LogP contribution in [0.1, 0.15) is 27.7 Å². The van der Waals surface area contributed by atoms with Crippen LogP contribution in [0.25, 0.3) is 0 Å². The highest BCUT2D eigenvalue weighted by Crippen LogP contribution is 2.07. The lowest BCUT2D eigenvalue weighted by Crippen LogP contribution is -2.31. The van der Waals surface area contributed by atoms with Gasteiger partial charge in [0.25, 0.3) is 0 Å². The highest BCUT2D eigenvalue weighted by molar-refractivity contribution is 7.89. The first-order valence-electron chi connectivity index (χ1n) is 4.36. The molecule has 0 aliphatic rings. The molecule has 0 amide bonds. The largest absolute Gasteiger partial charge is 0.215 e. The second-order valence-electron chi connectivity index (χ2n) is 3.47. The van der Waals surface area contributed by atoms with E-state index in [-0.39, 0.29) is 5.75 Å². The van der Waals surface area contributed by atoms with Gasteiger partial charge in [0.1, 0.15) is 0 Å². The van der Waals surface area contributed by atoms with Crippen molar-refractivity contribution in [3.05, 3.63) is 0 Å². The van der Waals surface area contributed by atoms with E-state index in [1.54, 1.807) is 6.92 Å². The van der Waals surface area contributed by atoms with Crippen LogP contribution in [0.15, 0.2) is 0 Å². The van der Waals surface area contributed by atoms with Gasteiger partial charge in [-0.25, -0.2) is 13.1 Å². The molecule has 1 atom stereocenters. The fraction of sp³-hybridized carbons (Fsp3) is 1.00. The smallest absolute Gasteiger partial charge is 0.211 e. The summed E-state index contributed by atoms with van der Waals surface area (Å²) in [6, 6.07) is 0. The van der Waals surface area contributed by atoms with Crippen molar-refractivity contribution >= 4 is 10.0 Å². The average Bonchev–Trinajstić information content (AvgIpc) is 2.00. The molecule has 1 unspecified atom stereocenters. The van der Waals surface area contributed by atoms with Crippen LogP contribution in [0.4, 0.5) is 0 Å². The van der Waals surface area contributed by atoms with Crippen molar-refractivity contribution in [3.8, 4) is 0 Å². The molecule has 3 nitrogen and oxygen atoms in total. The minimum atomic E-state index is -3.00. The molecule has 0 bridgehead atoms. The summed E-state index contributed by atoms with van der Waals surface area (Å²) < 4.78 is 24.6. The Kier molecular flexibility index (Phi) is 4.78. The van der Waals surface area contributed by atoms with Gasteiger partial charge in [0, 0.05) is 6.54 Å². The zero-order chi connectivity index (χ0) is 9.78. The average molecular weight is 193 g/mol. The van der Waals surface area contributed by atoms with E-state index in [9.17, 15) is 8.42 Å². The van der Waals surface area contributed by atoms with Gasteiger partial charge in [-0.3, -0.25) is 0 Å². The molecule has 0 aliphatic carbocycles.